The number of carboxylic acid groups (broad SMARTS) is 1. The molecule has 1 heterocycles. The minimum absolute atomic E-state index is 0.0681. The van der Waals surface area contributed by atoms with E-state index >= 15 is 0 Å². The summed E-state index contributed by atoms with van der Waals surface area (Å²) in [5.74, 6) is -1.21. The van der Waals surface area contributed by atoms with Crippen LogP contribution >= 0.6 is 11.6 Å². The van der Waals surface area contributed by atoms with Crippen molar-refractivity contribution in [3.05, 3.63) is 28.3 Å². The van der Waals surface area contributed by atoms with Crippen molar-refractivity contribution in [2.75, 3.05) is 13.1 Å². The molecule has 21 heavy (non-hydrogen) atoms. The Bertz CT molecular complexity index is 675. The van der Waals surface area contributed by atoms with Crippen molar-refractivity contribution in [2.45, 2.75) is 30.7 Å². The van der Waals surface area contributed by atoms with E-state index < -0.39 is 16.0 Å². The van der Waals surface area contributed by atoms with Gasteiger partial charge in [-0.05, 0) is 37.5 Å². The van der Waals surface area contributed by atoms with Gasteiger partial charge >= 0.3 is 5.97 Å². The number of nitrogens with two attached hydrogens (primary N) is 1. The molecule has 1 atom stereocenters. The standard InChI is InChI=1S/C13H17ClN2O4S/c1-8-11(13(17)18)5-9(14)6-12(8)21(19,20)16-4-2-3-10(15)7-16/h5-6,10H,2-4,7,15H2,1H3,(H,17,18). The predicted octanol–water partition coefficient (Wildman–Crippen LogP) is 1.46. The predicted molar refractivity (Wildman–Crippen MR) is 79.1 cm³/mol. The number of nitrogens with zero attached hydrogens (tertiary/aromatic N) is 1. The lowest BCUT2D eigenvalue weighted by Gasteiger charge is -2.30. The fourth-order valence-electron chi connectivity index (χ4n) is 2.48. The van der Waals surface area contributed by atoms with Gasteiger partial charge in [0.25, 0.3) is 0 Å². The molecule has 1 fully saturated rings. The zero-order chi connectivity index (χ0) is 15.8. The van der Waals surface area contributed by atoms with Gasteiger partial charge in [0.2, 0.25) is 10.0 Å². The van der Waals surface area contributed by atoms with E-state index in [0.29, 0.717) is 13.0 Å². The van der Waals surface area contributed by atoms with Crippen LogP contribution in [0, 0.1) is 6.92 Å². The van der Waals surface area contributed by atoms with E-state index in [-0.39, 0.29) is 33.6 Å². The molecule has 0 spiro atoms. The number of hydrogen-bond donors (Lipinski definition) is 2. The highest BCUT2D eigenvalue weighted by Gasteiger charge is 2.31. The van der Waals surface area contributed by atoms with Gasteiger partial charge in [-0.25, -0.2) is 13.2 Å². The molecule has 3 N–H and O–H groups in total. The minimum atomic E-state index is -3.80. The average Bonchev–Trinajstić information content (AvgIpc) is 2.40. The fraction of sp³-hybridized carbons (Fsp3) is 0.462. The molecule has 8 heteroatoms. The highest BCUT2D eigenvalue weighted by molar-refractivity contribution is 7.89. The number of carboxylic acids is 1. The molecule has 0 radical (unpaired) electrons. The van der Waals surface area contributed by atoms with Gasteiger partial charge in [-0.3, -0.25) is 0 Å². The van der Waals surface area contributed by atoms with Gasteiger partial charge in [-0.15, -0.1) is 0 Å². The van der Waals surface area contributed by atoms with Crippen LogP contribution in [0.4, 0.5) is 0 Å². The zero-order valence-corrected chi connectivity index (χ0v) is 13.1. The van der Waals surface area contributed by atoms with Crippen LogP contribution in [0.25, 0.3) is 0 Å². The highest BCUT2D eigenvalue weighted by Crippen LogP contribution is 2.28. The molecule has 2 rings (SSSR count). The Hall–Kier alpha value is -1.15. The van der Waals surface area contributed by atoms with Gasteiger partial charge in [-0.2, -0.15) is 4.31 Å². The number of benzene rings is 1. The van der Waals surface area contributed by atoms with E-state index in [1.165, 1.54) is 23.4 Å². The summed E-state index contributed by atoms with van der Waals surface area (Å²) >= 11 is 5.87. The Morgan fingerprint density at radius 2 is 2.14 bits per heavy atom. The normalized spacial score (nSPS) is 20.4. The third kappa shape index (κ3) is 3.21. The lowest BCUT2D eigenvalue weighted by atomic mass is 10.1. The summed E-state index contributed by atoms with van der Waals surface area (Å²) in [5.41, 5.74) is 5.90. The van der Waals surface area contributed by atoms with Crippen LogP contribution in [0.2, 0.25) is 5.02 Å². The Labute approximate surface area is 128 Å². The van der Waals surface area contributed by atoms with Crippen LogP contribution in [-0.4, -0.2) is 42.9 Å². The summed E-state index contributed by atoms with van der Waals surface area (Å²) in [6.07, 6.45) is 1.47. The maximum Gasteiger partial charge on any atom is 0.336 e. The van der Waals surface area contributed by atoms with Crippen LogP contribution in [0.5, 0.6) is 0 Å². The van der Waals surface area contributed by atoms with E-state index in [1.807, 2.05) is 0 Å². The molecule has 1 aliphatic rings. The third-order valence-electron chi connectivity index (χ3n) is 3.59. The minimum Gasteiger partial charge on any atom is -0.478 e. The molecule has 0 bridgehead atoms. The molecular formula is C13H17ClN2O4S. The van der Waals surface area contributed by atoms with Crippen molar-refractivity contribution in [1.29, 1.82) is 0 Å². The molecule has 0 saturated carbocycles. The van der Waals surface area contributed by atoms with Gasteiger partial charge in [-0.1, -0.05) is 11.6 Å². The van der Waals surface area contributed by atoms with Crippen LogP contribution in [0.15, 0.2) is 17.0 Å². The smallest absolute Gasteiger partial charge is 0.336 e. The molecule has 1 saturated heterocycles. The largest absolute Gasteiger partial charge is 0.478 e. The second-order valence-corrected chi connectivity index (χ2v) is 7.49. The summed E-state index contributed by atoms with van der Waals surface area (Å²) in [6.45, 7) is 2.08. The molecule has 6 nitrogen and oxygen atoms in total. The van der Waals surface area contributed by atoms with E-state index in [0.717, 1.165) is 6.42 Å². The molecule has 0 amide bonds. The van der Waals surface area contributed by atoms with E-state index in [1.54, 1.807) is 0 Å². The number of hydrogen-bond acceptors (Lipinski definition) is 4. The highest BCUT2D eigenvalue weighted by atomic mass is 35.5. The third-order valence-corrected chi connectivity index (χ3v) is 5.80. The first-order chi connectivity index (χ1) is 9.73. The van der Waals surface area contributed by atoms with Crippen molar-refractivity contribution >= 4 is 27.6 Å². The number of sulfonamides is 1. The second kappa shape index (κ2) is 5.92. The first-order valence-electron chi connectivity index (χ1n) is 6.52. The lowest BCUT2D eigenvalue weighted by Crippen LogP contribution is -2.45. The maximum absolute atomic E-state index is 12.7. The summed E-state index contributed by atoms with van der Waals surface area (Å²) in [7, 11) is -3.80. The van der Waals surface area contributed by atoms with E-state index in [2.05, 4.69) is 0 Å². The van der Waals surface area contributed by atoms with Crippen LogP contribution in [-0.2, 0) is 10.0 Å². The van der Waals surface area contributed by atoms with Crippen molar-refractivity contribution in [2.24, 2.45) is 5.73 Å². The van der Waals surface area contributed by atoms with Crippen molar-refractivity contribution in [1.82, 2.24) is 4.31 Å². The van der Waals surface area contributed by atoms with Gasteiger partial charge in [0.05, 0.1) is 10.5 Å². The fourth-order valence-corrected chi connectivity index (χ4v) is 4.57. The van der Waals surface area contributed by atoms with Gasteiger partial charge in [0, 0.05) is 24.2 Å². The zero-order valence-electron chi connectivity index (χ0n) is 11.5. The monoisotopic (exact) mass is 332 g/mol. The van der Waals surface area contributed by atoms with Gasteiger partial charge in [0.1, 0.15) is 0 Å². The molecule has 1 unspecified atom stereocenters. The lowest BCUT2D eigenvalue weighted by molar-refractivity contribution is 0.0696. The SMILES string of the molecule is Cc1c(C(=O)O)cc(Cl)cc1S(=O)(=O)N1CCCC(N)C1. The molecule has 116 valence electrons. The topological polar surface area (TPSA) is 101 Å². The Morgan fingerprint density at radius 1 is 1.48 bits per heavy atom. The summed E-state index contributed by atoms with van der Waals surface area (Å²) in [6, 6.07) is 2.34. The van der Waals surface area contributed by atoms with Crippen molar-refractivity contribution < 1.29 is 18.3 Å². The number of aromatic carboxylic acids is 1. The number of rotatable bonds is 3. The van der Waals surface area contributed by atoms with E-state index in [9.17, 15) is 13.2 Å². The average molecular weight is 333 g/mol. The Kier molecular flexibility index (Phi) is 4.57. The summed E-state index contributed by atoms with van der Waals surface area (Å²) < 4.78 is 26.7. The number of halogens is 1. The molecule has 0 aromatic heterocycles. The van der Waals surface area contributed by atoms with E-state index in [4.69, 9.17) is 22.4 Å². The quantitative estimate of drug-likeness (QED) is 0.872. The number of piperidine rings is 1. The molecule has 1 aromatic rings. The summed E-state index contributed by atoms with van der Waals surface area (Å²) in [5, 5.41) is 9.23. The van der Waals surface area contributed by atoms with Gasteiger partial charge in [0.15, 0.2) is 0 Å². The van der Waals surface area contributed by atoms with Crippen LogP contribution in [0.3, 0.4) is 0 Å². The first kappa shape index (κ1) is 16.2. The van der Waals surface area contributed by atoms with Crippen molar-refractivity contribution in [3.63, 3.8) is 0 Å². The van der Waals surface area contributed by atoms with Crippen molar-refractivity contribution in [3.8, 4) is 0 Å². The van der Waals surface area contributed by atoms with Gasteiger partial charge < -0.3 is 10.8 Å². The molecule has 1 aromatic carbocycles. The number of carbonyl (C=O) groups is 1. The van der Waals surface area contributed by atoms with Crippen LogP contribution < -0.4 is 5.73 Å². The van der Waals surface area contributed by atoms with Crippen LogP contribution in [0.1, 0.15) is 28.8 Å². The molecule has 1 aliphatic heterocycles. The maximum atomic E-state index is 12.7. The second-order valence-electron chi connectivity index (χ2n) is 5.15. The first-order valence-corrected chi connectivity index (χ1v) is 8.34. The molecule has 0 aliphatic carbocycles. The molecular weight excluding hydrogens is 316 g/mol. The summed E-state index contributed by atoms with van der Waals surface area (Å²) in [4.78, 5) is 11.1. The Balaban J connectivity index is 2.52. The Morgan fingerprint density at radius 3 is 2.71 bits per heavy atom.